The van der Waals surface area contributed by atoms with Gasteiger partial charge in [-0.3, -0.25) is 0 Å². The topological polar surface area (TPSA) is 54.7 Å². The molecule has 2 aliphatic rings. The lowest BCUT2D eigenvalue weighted by Gasteiger charge is -2.45. The number of hydrogen-bond donors (Lipinski definition) is 0. The largest absolute Gasteiger partial charge is 0.494 e. The Balaban J connectivity index is 1.64. The molecule has 3 heterocycles. The summed E-state index contributed by atoms with van der Waals surface area (Å²) in [5.74, 6) is 2.59. The standard InChI is InChI=1S/C26H30N2O4/c1-25(2)14-18(15-26(3,4)32-25)19-13-21(17-10-11-23-24(12-17)31-16-30-23)28(27-19)20-8-6-7-9-22(20)29-5/h6-13,18H,14-16H2,1-5H3. The minimum Gasteiger partial charge on any atom is -0.494 e. The van der Waals surface area contributed by atoms with Crippen LogP contribution in [0, 0.1) is 0 Å². The number of hydrogen-bond acceptors (Lipinski definition) is 5. The van der Waals surface area contributed by atoms with E-state index in [9.17, 15) is 0 Å². The van der Waals surface area contributed by atoms with Crippen LogP contribution in [0.3, 0.4) is 0 Å². The predicted molar refractivity (Wildman–Crippen MR) is 123 cm³/mol. The highest BCUT2D eigenvalue weighted by molar-refractivity contribution is 5.68. The molecule has 1 saturated heterocycles. The Morgan fingerprint density at radius 3 is 2.41 bits per heavy atom. The van der Waals surface area contributed by atoms with Crippen molar-refractivity contribution in [1.29, 1.82) is 0 Å². The Kier molecular flexibility index (Phi) is 4.93. The molecule has 0 bridgehead atoms. The molecular formula is C26H30N2O4. The molecule has 0 aliphatic carbocycles. The van der Waals surface area contributed by atoms with Crippen LogP contribution < -0.4 is 14.2 Å². The fraction of sp³-hybridized carbons (Fsp3) is 0.423. The van der Waals surface area contributed by atoms with Gasteiger partial charge in [-0.2, -0.15) is 5.10 Å². The molecular weight excluding hydrogens is 404 g/mol. The van der Waals surface area contributed by atoms with E-state index in [1.54, 1.807) is 7.11 Å². The fourth-order valence-corrected chi connectivity index (χ4v) is 5.15. The van der Waals surface area contributed by atoms with E-state index in [4.69, 9.17) is 24.0 Å². The lowest BCUT2D eigenvalue weighted by atomic mass is 9.79. The molecule has 2 aromatic carbocycles. The van der Waals surface area contributed by atoms with Crippen molar-refractivity contribution in [2.45, 2.75) is 57.7 Å². The first-order chi connectivity index (χ1) is 15.2. The number of rotatable bonds is 4. The summed E-state index contributed by atoms with van der Waals surface area (Å²) in [7, 11) is 1.69. The van der Waals surface area contributed by atoms with Gasteiger partial charge in [0.15, 0.2) is 11.5 Å². The van der Waals surface area contributed by atoms with Crippen molar-refractivity contribution in [3.8, 4) is 34.2 Å². The highest BCUT2D eigenvalue weighted by atomic mass is 16.7. The number of aromatic nitrogens is 2. The van der Waals surface area contributed by atoms with Crippen LogP contribution in [0.1, 0.15) is 52.1 Å². The van der Waals surface area contributed by atoms with Crippen LogP contribution >= 0.6 is 0 Å². The molecule has 0 N–H and O–H groups in total. The van der Waals surface area contributed by atoms with E-state index < -0.39 is 0 Å². The molecule has 2 aliphatic heterocycles. The SMILES string of the molecule is COc1ccccc1-n1nc(C2CC(C)(C)OC(C)(C)C2)cc1-c1ccc2c(c1)OCO2. The molecule has 1 aromatic heterocycles. The summed E-state index contributed by atoms with van der Waals surface area (Å²) in [6, 6.07) is 16.2. The molecule has 32 heavy (non-hydrogen) atoms. The van der Waals surface area contributed by atoms with E-state index in [1.807, 2.05) is 41.1 Å². The molecule has 0 spiro atoms. The molecule has 0 amide bonds. The van der Waals surface area contributed by atoms with Crippen molar-refractivity contribution in [2.24, 2.45) is 0 Å². The lowest BCUT2D eigenvalue weighted by molar-refractivity contribution is -0.162. The van der Waals surface area contributed by atoms with Crippen LogP contribution in [0.15, 0.2) is 48.5 Å². The van der Waals surface area contributed by atoms with Crippen molar-refractivity contribution in [3.63, 3.8) is 0 Å². The Labute approximate surface area is 189 Å². The molecule has 0 radical (unpaired) electrons. The Morgan fingerprint density at radius 2 is 1.66 bits per heavy atom. The summed E-state index contributed by atoms with van der Waals surface area (Å²) in [6.45, 7) is 8.91. The summed E-state index contributed by atoms with van der Waals surface area (Å²) in [4.78, 5) is 0. The molecule has 6 nitrogen and oxygen atoms in total. The van der Waals surface area contributed by atoms with E-state index in [2.05, 4.69) is 39.8 Å². The van der Waals surface area contributed by atoms with Gasteiger partial charge >= 0.3 is 0 Å². The van der Waals surface area contributed by atoms with Crippen molar-refractivity contribution >= 4 is 0 Å². The maximum absolute atomic E-state index is 6.32. The van der Waals surface area contributed by atoms with Gasteiger partial charge in [0, 0.05) is 11.5 Å². The van der Waals surface area contributed by atoms with Gasteiger partial charge in [0.2, 0.25) is 6.79 Å². The zero-order valence-corrected chi connectivity index (χ0v) is 19.3. The van der Waals surface area contributed by atoms with E-state index in [0.29, 0.717) is 0 Å². The van der Waals surface area contributed by atoms with Gasteiger partial charge in [0.1, 0.15) is 11.4 Å². The van der Waals surface area contributed by atoms with Gasteiger partial charge in [0.05, 0.1) is 29.7 Å². The minimum absolute atomic E-state index is 0.209. The molecule has 6 heteroatoms. The summed E-state index contributed by atoms with van der Waals surface area (Å²) < 4.78 is 25.1. The predicted octanol–water partition coefficient (Wildman–Crippen LogP) is 5.73. The Morgan fingerprint density at radius 1 is 0.938 bits per heavy atom. The average molecular weight is 435 g/mol. The monoisotopic (exact) mass is 434 g/mol. The second-order valence-corrected chi connectivity index (χ2v) is 9.83. The van der Waals surface area contributed by atoms with E-state index in [-0.39, 0.29) is 23.9 Å². The first-order valence-corrected chi connectivity index (χ1v) is 11.1. The zero-order chi connectivity index (χ0) is 22.5. The van der Waals surface area contributed by atoms with Crippen molar-refractivity contribution in [3.05, 3.63) is 54.2 Å². The highest BCUT2D eigenvalue weighted by Gasteiger charge is 2.41. The van der Waals surface area contributed by atoms with Crippen LogP contribution in [0.4, 0.5) is 0 Å². The van der Waals surface area contributed by atoms with Crippen LogP contribution in [0.25, 0.3) is 16.9 Å². The molecule has 1 fully saturated rings. The Bertz CT molecular complexity index is 1130. The van der Waals surface area contributed by atoms with E-state index >= 15 is 0 Å². The van der Waals surface area contributed by atoms with Crippen molar-refractivity contribution in [1.82, 2.24) is 9.78 Å². The van der Waals surface area contributed by atoms with Crippen LogP contribution in [-0.4, -0.2) is 34.9 Å². The van der Waals surface area contributed by atoms with Gasteiger partial charge in [0.25, 0.3) is 0 Å². The van der Waals surface area contributed by atoms with Crippen LogP contribution in [-0.2, 0) is 4.74 Å². The maximum atomic E-state index is 6.32. The number of fused-ring (bicyclic) bond motifs is 1. The number of nitrogens with zero attached hydrogens (tertiary/aromatic N) is 2. The number of benzene rings is 2. The number of methoxy groups -OCH3 is 1. The Hall–Kier alpha value is -2.99. The normalized spacial score (nSPS) is 19.2. The smallest absolute Gasteiger partial charge is 0.231 e. The second kappa shape index (κ2) is 7.55. The minimum atomic E-state index is -0.209. The number of para-hydroxylation sites is 2. The van der Waals surface area contributed by atoms with Crippen LogP contribution in [0.2, 0.25) is 0 Å². The van der Waals surface area contributed by atoms with Gasteiger partial charge in [-0.1, -0.05) is 12.1 Å². The third kappa shape index (κ3) is 3.84. The lowest BCUT2D eigenvalue weighted by Crippen LogP contribution is -2.44. The van der Waals surface area contributed by atoms with Crippen molar-refractivity contribution < 1.29 is 18.9 Å². The first kappa shape index (κ1) is 20.9. The van der Waals surface area contributed by atoms with E-state index in [0.717, 1.165) is 52.7 Å². The average Bonchev–Trinajstić information content (AvgIpc) is 3.38. The van der Waals surface area contributed by atoms with Gasteiger partial charge < -0.3 is 18.9 Å². The molecule has 168 valence electrons. The second-order valence-electron chi connectivity index (χ2n) is 9.83. The molecule has 5 rings (SSSR count). The molecule has 0 unspecified atom stereocenters. The zero-order valence-electron chi connectivity index (χ0n) is 19.3. The summed E-state index contributed by atoms with van der Waals surface area (Å²) >= 11 is 0. The number of ether oxygens (including phenoxy) is 4. The summed E-state index contributed by atoms with van der Waals surface area (Å²) in [5.41, 5.74) is 3.56. The van der Waals surface area contributed by atoms with Crippen molar-refractivity contribution in [2.75, 3.05) is 13.9 Å². The fourth-order valence-electron chi connectivity index (χ4n) is 5.15. The molecule has 3 aromatic rings. The summed E-state index contributed by atoms with van der Waals surface area (Å²) in [5, 5.41) is 5.12. The van der Waals surface area contributed by atoms with Gasteiger partial charge in [-0.05, 0) is 76.9 Å². The maximum Gasteiger partial charge on any atom is 0.231 e. The quantitative estimate of drug-likeness (QED) is 0.525. The molecule has 0 saturated carbocycles. The third-order valence-electron chi connectivity index (χ3n) is 6.16. The van der Waals surface area contributed by atoms with Gasteiger partial charge in [-0.15, -0.1) is 0 Å². The highest BCUT2D eigenvalue weighted by Crippen LogP contribution is 2.45. The first-order valence-electron chi connectivity index (χ1n) is 11.1. The van der Waals surface area contributed by atoms with Crippen LogP contribution in [0.5, 0.6) is 17.2 Å². The summed E-state index contributed by atoms with van der Waals surface area (Å²) in [6.07, 6.45) is 1.83. The molecule has 0 atom stereocenters. The third-order valence-corrected chi connectivity index (χ3v) is 6.16. The van der Waals surface area contributed by atoms with Gasteiger partial charge in [-0.25, -0.2) is 4.68 Å². The van der Waals surface area contributed by atoms with E-state index in [1.165, 1.54) is 0 Å².